The molecule has 7 heteroatoms. The summed E-state index contributed by atoms with van der Waals surface area (Å²) >= 11 is 3.04. The molecule has 0 amide bonds. The van der Waals surface area contributed by atoms with E-state index in [9.17, 15) is 17.6 Å². The van der Waals surface area contributed by atoms with Crippen molar-refractivity contribution < 1.29 is 17.6 Å². The third-order valence-electron chi connectivity index (χ3n) is 2.09. The molecule has 0 aliphatic carbocycles. The quantitative estimate of drug-likeness (QED) is 0.733. The van der Waals surface area contributed by atoms with Crippen molar-refractivity contribution in [3.8, 4) is 5.69 Å². The maximum Gasteiger partial charge on any atom is 0.418 e. The summed E-state index contributed by atoms with van der Waals surface area (Å²) in [6.07, 6.45) is -3.25. The smallest absolute Gasteiger partial charge is 0.226 e. The van der Waals surface area contributed by atoms with Gasteiger partial charge < -0.3 is 0 Å². The minimum atomic E-state index is -4.56. The van der Waals surface area contributed by atoms with Gasteiger partial charge in [-0.05, 0) is 34.1 Å². The van der Waals surface area contributed by atoms with E-state index in [1.54, 1.807) is 0 Å². The van der Waals surface area contributed by atoms with Gasteiger partial charge in [0.2, 0.25) is 0 Å². The van der Waals surface area contributed by atoms with Gasteiger partial charge >= 0.3 is 6.18 Å². The van der Waals surface area contributed by atoms with Crippen molar-refractivity contribution in [2.24, 2.45) is 0 Å². The van der Waals surface area contributed by atoms with E-state index in [0.29, 0.717) is 10.7 Å². The molecule has 1 heterocycles. The van der Waals surface area contributed by atoms with Gasteiger partial charge in [0.15, 0.2) is 0 Å². The zero-order valence-corrected chi connectivity index (χ0v) is 9.76. The number of hydrogen-bond acceptors (Lipinski definition) is 1. The molecule has 0 aliphatic rings. The fourth-order valence-corrected chi connectivity index (χ4v) is 1.79. The van der Waals surface area contributed by atoms with Crippen molar-refractivity contribution in [3.05, 3.63) is 46.4 Å². The molecule has 0 N–H and O–H groups in total. The van der Waals surface area contributed by atoms with Gasteiger partial charge in [-0.15, -0.1) is 0 Å². The first-order chi connectivity index (χ1) is 7.89. The SMILES string of the molecule is Fc1ccc(C(F)(F)F)c(-n2nccc2Br)c1. The lowest BCUT2D eigenvalue weighted by Crippen LogP contribution is -2.12. The van der Waals surface area contributed by atoms with Crippen LogP contribution < -0.4 is 0 Å². The Labute approximate surface area is 102 Å². The Kier molecular flexibility index (Phi) is 2.94. The van der Waals surface area contributed by atoms with Crippen molar-refractivity contribution in [1.29, 1.82) is 0 Å². The average molecular weight is 309 g/mol. The largest absolute Gasteiger partial charge is 0.418 e. The molecular weight excluding hydrogens is 304 g/mol. The molecule has 0 spiro atoms. The fourth-order valence-electron chi connectivity index (χ4n) is 1.38. The molecule has 0 aliphatic heterocycles. The van der Waals surface area contributed by atoms with Crippen molar-refractivity contribution in [2.45, 2.75) is 6.18 Å². The van der Waals surface area contributed by atoms with E-state index >= 15 is 0 Å². The molecule has 0 saturated heterocycles. The Balaban J connectivity index is 2.68. The monoisotopic (exact) mass is 308 g/mol. The lowest BCUT2D eigenvalue weighted by Gasteiger charge is -2.13. The third kappa shape index (κ3) is 2.33. The molecule has 0 atom stereocenters. The molecule has 0 fully saturated rings. The summed E-state index contributed by atoms with van der Waals surface area (Å²) in [4.78, 5) is 0. The highest BCUT2D eigenvalue weighted by Crippen LogP contribution is 2.34. The molecule has 2 nitrogen and oxygen atoms in total. The number of hydrogen-bond donors (Lipinski definition) is 0. The minimum Gasteiger partial charge on any atom is -0.226 e. The lowest BCUT2D eigenvalue weighted by molar-refractivity contribution is -0.137. The van der Waals surface area contributed by atoms with E-state index in [-0.39, 0.29) is 5.69 Å². The van der Waals surface area contributed by atoms with E-state index in [1.165, 1.54) is 12.3 Å². The van der Waals surface area contributed by atoms with Gasteiger partial charge in [0.05, 0.1) is 17.4 Å². The van der Waals surface area contributed by atoms with Crippen LogP contribution in [0.3, 0.4) is 0 Å². The van der Waals surface area contributed by atoms with Gasteiger partial charge in [0, 0.05) is 6.07 Å². The van der Waals surface area contributed by atoms with E-state index in [0.717, 1.165) is 16.8 Å². The Bertz CT molecular complexity index is 547. The highest BCUT2D eigenvalue weighted by molar-refractivity contribution is 9.10. The molecule has 0 radical (unpaired) electrons. The summed E-state index contributed by atoms with van der Waals surface area (Å²) in [6, 6.07) is 3.72. The van der Waals surface area contributed by atoms with Crippen molar-refractivity contribution in [1.82, 2.24) is 9.78 Å². The Morgan fingerprint density at radius 1 is 1.18 bits per heavy atom. The maximum absolute atomic E-state index is 13.0. The van der Waals surface area contributed by atoms with Gasteiger partial charge in [-0.2, -0.15) is 18.3 Å². The summed E-state index contributed by atoms with van der Waals surface area (Å²) in [7, 11) is 0. The highest BCUT2D eigenvalue weighted by Gasteiger charge is 2.34. The second kappa shape index (κ2) is 4.14. The Hall–Kier alpha value is -1.37. The van der Waals surface area contributed by atoms with E-state index in [1.807, 2.05) is 0 Å². The summed E-state index contributed by atoms with van der Waals surface area (Å²) < 4.78 is 52.5. The Morgan fingerprint density at radius 2 is 1.88 bits per heavy atom. The van der Waals surface area contributed by atoms with E-state index < -0.39 is 17.6 Å². The van der Waals surface area contributed by atoms with Crippen LogP contribution in [0.25, 0.3) is 5.69 Å². The van der Waals surface area contributed by atoms with Crippen LogP contribution >= 0.6 is 15.9 Å². The van der Waals surface area contributed by atoms with Gasteiger partial charge in [-0.25, -0.2) is 9.07 Å². The lowest BCUT2D eigenvalue weighted by atomic mass is 10.1. The van der Waals surface area contributed by atoms with Gasteiger partial charge in [-0.3, -0.25) is 0 Å². The van der Waals surface area contributed by atoms with Crippen molar-refractivity contribution in [2.75, 3.05) is 0 Å². The van der Waals surface area contributed by atoms with Crippen LogP contribution in [0.5, 0.6) is 0 Å². The van der Waals surface area contributed by atoms with E-state index in [2.05, 4.69) is 21.0 Å². The van der Waals surface area contributed by atoms with Crippen LogP contribution in [0.1, 0.15) is 5.56 Å². The van der Waals surface area contributed by atoms with Gasteiger partial charge in [0.25, 0.3) is 0 Å². The van der Waals surface area contributed by atoms with Crippen molar-refractivity contribution >= 4 is 15.9 Å². The number of halogens is 5. The number of aromatic nitrogens is 2. The summed E-state index contributed by atoms with van der Waals surface area (Å²) in [5, 5.41) is 3.70. The number of rotatable bonds is 1. The van der Waals surface area contributed by atoms with Crippen LogP contribution in [-0.4, -0.2) is 9.78 Å². The summed E-state index contributed by atoms with van der Waals surface area (Å²) in [5.74, 6) is -0.754. The van der Waals surface area contributed by atoms with Gasteiger partial charge in [-0.1, -0.05) is 0 Å². The van der Waals surface area contributed by atoms with Crippen molar-refractivity contribution in [3.63, 3.8) is 0 Å². The van der Waals surface area contributed by atoms with Crippen LogP contribution in [0, 0.1) is 5.82 Å². The van der Waals surface area contributed by atoms with Gasteiger partial charge in [0.1, 0.15) is 10.4 Å². The topological polar surface area (TPSA) is 17.8 Å². The molecule has 90 valence electrons. The molecule has 1 aromatic heterocycles. The predicted octanol–water partition coefficient (Wildman–Crippen LogP) is 3.79. The molecular formula is C10H5BrF4N2. The number of alkyl halides is 3. The first kappa shape index (κ1) is 12.1. The number of benzene rings is 1. The normalized spacial score (nSPS) is 11.8. The second-order valence-corrected chi connectivity index (χ2v) is 4.04. The van der Waals surface area contributed by atoms with Crippen LogP contribution in [0.4, 0.5) is 17.6 Å². The molecule has 0 unspecified atom stereocenters. The standard InChI is InChI=1S/C10H5BrF4N2/c11-9-3-4-16-17(9)8-5-6(12)1-2-7(8)10(13,14)15/h1-5H. The second-order valence-electron chi connectivity index (χ2n) is 3.22. The maximum atomic E-state index is 13.0. The molecule has 2 aromatic rings. The molecule has 0 bridgehead atoms. The molecule has 1 aromatic carbocycles. The van der Waals surface area contributed by atoms with E-state index in [4.69, 9.17) is 0 Å². The number of nitrogens with zero attached hydrogens (tertiary/aromatic N) is 2. The molecule has 0 saturated carbocycles. The zero-order chi connectivity index (χ0) is 12.6. The van der Waals surface area contributed by atoms with Crippen LogP contribution in [-0.2, 0) is 6.18 Å². The first-order valence-corrected chi connectivity index (χ1v) is 5.25. The highest BCUT2D eigenvalue weighted by atomic mass is 79.9. The third-order valence-corrected chi connectivity index (χ3v) is 2.69. The minimum absolute atomic E-state index is 0.314. The summed E-state index contributed by atoms with van der Waals surface area (Å²) in [5.41, 5.74) is -1.29. The zero-order valence-electron chi connectivity index (χ0n) is 8.17. The molecule has 17 heavy (non-hydrogen) atoms. The average Bonchev–Trinajstić information content (AvgIpc) is 2.62. The predicted molar refractivity (Wildman–Crippen MR) is 56.2 cm³/mol. The molecule has 2 rings (SSSR count). The Morgan fingerprint density at radius 3 is 2.41 bits per heavy atom. The van der Waals surface area contributed by atoms with Crippen LogP contribution in [0.2, 0.25) is 0 Å². The van der Waals surface area contributed by atoms with Crippen LogP contribution in [0.15, 0.2) is 35.1 Å². The summed E-state index contributed by atoms with van der Waals surface area (Å²) in [6.45, 7) is 0. The fraction of sp³-hybridized carbons (Fsp3) is 0.100. The first-order valence-electron chi connectivity index (χ1n) is 4.46.